The van der Waals surface area contributed by atoms with Crippen LogP contribution in [0.4, 0.5) is 11.9 Å². The third-order valence-electron chi connectivity index (χ3n) is 3.92. The lowest BCUT2D eigenvalue weighted by atomic mass is 9.82. The van der Waals surface area contributed by atoms with Crippen molar-refractivity contribution < 1.29 is 4.74 Å². The first-order valence-corrected chi connectivity index (χ1v) is 7.99. The predicted octanol–water partition coefficient (Wildman–Crippen LogP) is 2.94. The number of hydrogen-bond donors (Lipinski definition) is 2. The van der Waals surface area contributed by atoms with Gasteiger partial charge in [-0.1, -0.05) is 26.7 Å². The maximum Gasteiger partial charge on any atom is 0.322 e. The summed E-state index contributed by atoms with van der Waals surface area (Å²) in [6, 6.07) is 0.350. The van der Waals surface area contributed by atoms with Crippen molar-refractivity contribution in [3.63, 3.8) is 0 Å². The highest BCUT2D eigenvalue weighted by atomic mass is 16.5. The lowest BCUT2D eigenvalue weighted by molar-refractivity contribution is 0.293. The van der Waals surface area contributed by atoms with Crippen molar-refractivity contribution in [1.82, 2.24) is 15.0 Å². The van der Waals surface area contributed by atoms with E-state index in [1.807, 2.05) is 0 Å². The van der Waals surface area contributed by atoms with Gasteiger partial charge in [0, 0.05) is 13.1 Å². The van der Waals surface area contributed by atoms with E-state index in [2.05, 4.69) is 39.4 Å². The van der Waals surface area contributed by atoms with Crippen LogP contribution in [0.1, 0.15) is 46.0 Å². The van der Waals surface area contributed by atoms with Gasteiger partial charge in [0.25, 0.3) is 0 Å². The average molecular weight is 293 g/mol. The molecule has 1 aliphatic carbocycles. The van der Waals surface area contributed by atoms with Crippen LogP contribution in [0.3, 0.4) is 0 Å². The largest absolute Gasteiger partial charge is 0.467 e. The van der Waals surface area contributed by atoms with Crippen LogP contribution < -0.4 is 15.4 Å². The molecular formula is C15H27N5O. The summed E-state index contributed by atoms with van der Waals surface area (Å²) in [5.41, 5.74) is 0. The molecule has 118 valence electrons. The molecule has 0 amide bonds. The van der Waals surface area contributed by atoms with Crippen LogP contribution in [0.15, 0.2) is 0 Å². The number of aromatic nitrogens is 3. The van der Waals surface area contributed by atoms with Crippen molar-refractivity contribution in [3.05, 3.63) is 0 Å². The standard InChI is InChI=1S/C15H27N5O/c1-4-8-16-13-18-14(20-15(19-13)21-3)17-10-12-7-5-6-11(2)9-12/h11-12H,4-10H2,1-3H3,(H2,16,17,18,19,20). The fourth-order valence-corrected chi connectivity index (χ4v) is 2.82. The third-order valence-corrected chi connectivity index (χ3v) is 3.92. The topological polar surface area (TPSA) is 72.0 Å². The van der Waals surface area contributed by atoms with Crippen molar-refractivity contribution in [2.24, 2.45) is 11.8 Å². The van der Waals surface area contributed by atoms with Crippen LogP contribution in [0, 0.1) is 11.8 Å². The highest BCUT2D eigenvalue weighted by Gasteiger charge is 2.19. The van der Waals surface area contributed by atoms with Crippen LogP contribution >= 0.6 is 0 Å². The van der Waals surface area contributed by atoms with E-state index in [0.717, 1.165) is 25.4 Å². The summed E-state index contributed by atoms with van der Waals surface area (Å²) in [7, 11) is 1.57. The molecule has 1 heterocycles. The smallest absolute Gasteiger partial charge is 0.322 e. The first kappa shape index (κ1) is 15.8. The number of hydrogen-bond acceptors (Lipinski definition) is 6. The molecule has 2 atom stereocenters. The minimum atomic E-state index is 0.350. The monoisotopic (exact) mass is 293 g/mol. The van der Waals surface area contributed by atoms with Gasteiger partial charge >= 0.3 is 6.01 Å². The van der Waals surface area contributed by atoms with Crippen LogP contribution in [-0.2, 0) is 0 Å². The Kier molecular flexibility index (Phi) is 6.02. The Morgan fingerprint density at radius 3 is 2.57 bits per heavy atom. The van der Waals surface area contributed by atoms with E-state index < -0.39 is 0 Å². The van der Waals surface area contributed by atoms with E-state index in [1.54, 1.807) is 7.11 Å². The normalized spacial score (nSPS) is 21.9. The molecule has 2 N–H and O–H groups in total. The van der Waals surface area contributed by atoms with Crippen LogP contribution in [0.25, 0.3) is 0 Å². The minimum Gasteiger partial charge on any atom is -0.467 e. The van der Waals surface area contributed by atoms with Crippen molar-refractivity contribution >= 4 is 11.9 Å². The zero-order valence-electron chi connectivity index (χ0n) is 13.4. The van der Waals surface area contributed by atoms with Gasteiger partial charge < -0.3 is 15.4 Å². The Bertz CT molecular complexity index is 440. The number of methoxy groups -OCH3 is 1. The molecular weight excluding hydrogens is 266 g/mol. The molecule has 0 spiro atoms. The van der Waals surface area contributed by atoms with Crippen LogP contribution in [0.5, 0.6) is 6.01 Å². The average Bonchev–Trinajstić information content (AvgIpc) is 2.51. The zero-order chi connectivity index (χ0) is 15.1. The number of nitrogens with one attached hydrogen (secondary N) is 2. The number of ether oxygens (including phenoxy) is 1. The molecule has 0 radical (unpaired) electrons. The first-order valence-electron chi connectivity index (χ1n) is 7.99. The zero-order valence-corrected chi connectivity index (χ0v) is 13.4. The molecule has 0 aromatic carbocycles. The minimum absolute atomic E-state index is 0.350. The van der Waals surface area contributed by atoms with E-state index in [0.29, 0.717) is 23.8 Å². The van der Waals surface area contributed by atoms with Gasteiger partial charge in [-0.05, 0) is 31.1 Å². The summed E-state index contributed by atoms with van der Waals surface area (Å²) in [5, 5.41) is 6.52. The molecule has 1 aromatic heterocycles. The van der Waals surface area contributed by atoms with Crippen molar-refractivity contribution in [2.45, 2.75) is 46.0 Å². The molecule has 1 fully saturated rings. The molecule has 1 aliphatic rings. The molecule has 21 heavy (non-hydrogen) atoms. The van der Waals surface area contributed by atoms with Crippen molar-refractivity contribution in [2.75, 3.05) is 30.8 Å². The highest BCUT2D eigenvalue weighted by Crippen LogP contribution is 2.28. The summed E-state index contributed by atoms with van der Waals surface area (Å²) in [4.78, 5) is 12.9. The van der Waals surface area contributed by atoms with E-state index >= 15 is 0 Å². The Morgan fingerprint density at radius 1 is 1.14 bits per heavy atom. The number of rotatable bonds is 7. The summed E-state index contributed by atoms with van der Waals surface area (Å²) in [5.74, 6) is 2.71. The number of anilines is 2. The lowest BCUT2D eigenvalue weighted by Gasteiger charge is -2.26. The Labute approximate surface area is 127 Å². The molecule has 6 heteroatoms. The van der Waals surface area contributed by atoms with Gasteiger partial charge in [0.2, 0.25) is 11.9 Å². The van der Waals surface area contributed by atoms with Gasteiger partial charge in [0.15, 0.2) is 0 Å². The quantitative estimate of drug-likeness (QED) is 0.805. The third kappa shape index (κ3) is 5.02. The second-order valence-electron chi connectivity index (χ2n) is 5.91. The Balaban J connectivity index is 1.94. The second-order valence-corrected chi connectivity index (χ2v) is 5.91. The maximum absolute atomic E-state index is 5.14. The molecule has 2 unspecified atom stereocenters. The van der Waals surface area contributed by atoms with Gasteiger partial charge in [0.1, 0.15) is 0 Å². The molecule has 0 saturated heterocycles. The summed E-state index contributed by atoms with van der Waals surface area (Å²) < 4.78 is 5.14. The molecule has 1 saturated carbocycles. The number of nitrogens with zero attached hydrogens (tertiary/aromatic N) is 3. The summed E-state index contributed by atoms with van der Waals surface area (Å²) in [6.45, 7) is 6.21. The van der Waals surface area contributed by atoms with Gasteiger partial charge in [-0.2, -0.15) is 15.0 Å². The lowest BCUT2D eigenvalue weighted by Crippen LogP contribution is -2.22. The van der Waals surface area contributed by atoms with Crippen molar-refractivity contribution in [1.29, 1.82) is 0 Å². The fourth-order valence-electron chi connectivity index (χ4n) is 2.82. The Hall–Kier alpha value is -1.59. The van der Waals surface area contributed by atoms with E-state index in [1.165, 1.54) is 25.7 Å². The summed E-state index contributed by atoms with van der Waals surface area (Å²) in [6.07, 6.45) is 6.30. The van der Waals surface area contributed by atoms with Crippen LogP contribution in [0.2, 0.25) is 0 Å². The van der Waals surface area contributed by atoms with E-state index in [9.17, 15) is 0 Å². The first-order chi connectivity index (χ1) is 10.2. The highest BCUT2D eigenvalue weighted by molar-refractivity contribution is 5.35. The SMILES string of the molecule is CCCNc1nc(NCC2CCCC(C)C2)nc(OC)n1. The van der Waals surface area contributed by atoms with Crippen LogP contribution in [-0.4, -0.2) is 35.2 Å². The van der Waals surface area contributed by atoms with Gasteiger partial charge in [-0.15, -0.1) is 0 Å². The Morgan fingerprint density at radius 2 is 1.90 bits per heavy atom. The molecule has 6 nitrogen and oxygen atoms in total. The van der Waals surface area contributed by atoms with E-state index in [-0.39, 0.29) is 0 Å². The van der Waals surface area contributed by atoms with Gasteiger partial charge in [-0.25, -0.2) is 0 Å². The van der Waals surface area contributed by atoms with E-state index in [4.69, 9.17) is 4.74 Å². The van der Waals surface area contributed by atoms with Gasteiger partial charge in [0.05, 0.1) is 7.11 Å². The molecule has 2 rings (SSSR count). The molecule has 1 aromatic rings. The predicted molar refractivity (Wildman–Crippen MR) is 84.8 cm³/mol. The fraction of sp³-hybridized carbons (Fsp3) is 0.800. The molecule has 0 aliphatic heterocycles. The van der Waals surface area contributed by atoms with Gasteiger partial charge in [-0.3, -0.25) is 0 Å². The second kappa shape index (κ2) is 8.00. The van der Waals surface area contributed by atoms with Crippen molar-refractivity contribution in [3.8, 4) is 6.01 Å². The maximum atomic E-state index is 5.14. The molecule has 0 bridgehead atoms. The summed E-state index contributed by atoms with van der Waals surface area (Å²) >= 11 is 0.